The van der Waals surface area contributed by atoms with E-state index in [9.17, 15) is 24.1 Å². The molecule has 0 bridgehead atoms. The average molecular weight is 564 g/mol. The number of aromatic nitrogens is 2. The lowest BCUT2D eigenvalue weighted by molar-refractivity contribution is -0.149. The van der Waals surface area contributed by atoms with Gasteiger partial charge in [0, 0.05) is 11.8 Å². The molecule has 12 nitrogen and oxygen atoms in total. The van der Waals surface area contributed by atoms with Gasteiger partial charge in [-0.1, -0.05) is 29.8 Å². The van der Waals surface area contributed by atoms with Gasteiger partial charge in [-0.05, 0) is 39.8 Å². The molecule has 3 N–H and O–H groups in total. The number of hydrogen-bond donors (Lipinski definition) is 3. The SMILES string of the molecule is Cc1cn([C@@H]2O[C@H](COP(=O)(NC(C)C(=O)OC(C)C)Oc3ccccc3)[C@@H](O)[C@@]2(F)Cl)c(=O)[nH]c1=O. The molecule has 0 radical (unpaired) electrons. The number of halogens is 2. The Labute approximate surface area is 216 Å². The van der Waals surface area contributed by atoms with Crippen molar-refractivity contribution in [3.8, 4) is 5.75 Å². The number of aryl methyl sites for hydroxylation is 1. The van der Waals surface area contributed by atoms with Gasteiger partial charge in [-0.2, -0.15) is 5.09 Å². The Balaban J connectivity index is 1.82. The molecule has 3 rings (SSSR count). The standard InChI is InChI=1S/C22H28ClFN3O9P/c1-12(2)34-19(30)14(4)26-37(32,36-15-8-6-5-7-9-15)33-11-16-17(28)22(23,24)20(35-16)27-10-13(3)18(29)25-21(27)31/h5-10,12,14,16-17,20,28H,11H2,1-4H3,(H,26,32)(H,25,29,31)/t14?,16-,17-,20-,22+,37?/m1/s1. The molecular weight excluding hydrogens is 536 g/mol. The van der Waals surface area contributed by atoms with Crippen LogP contribution in [0.5, 0.6) is 5.75 Å². The Morgan fingerprint density at radius 1 is 1.32 bits per heavy atom. The number of benzene rings is 1. The van der Waals surface area contributed by atoms with E-state index in [1.54, 1.807) is 32.0 Å². The van der Waals surface area contributed by atoms with Crippen molar-refractivity contribution in [1.29, 1.82) is 0 Å². The Hall–Kier alpha value is -2.54. The first-order valence-electron chi connectivity index (χ1n) is 11.2. The highest BCUT2D eigenvalue weighted by Gasteiger charge is 2.58. The van der Waals surface area contributed by atoms with Crippen LogP contribution in [0.3, 0.4) is 0 Å². The normalized spacial score (nSPS) is 26.0. The number of rotatable bonds is 10. The smallest absolute Gasteiger partial charge is 0.459 e. The van der Waals surface area contributed by atoms with Crippen molar-refractivity contribution in [3.05, 3.63) is 62.9 Å². The number of ether oxygens (including phenoxy) is 2. The second-order valence-corrected chi connectivity index (χ2v) is 10.9. The van der Waals surface area contributed by atoms with Crippen molar-refractivity contribution < 1.29 is 37.4 Å². The summed E-state index contributed by atoms with van der Waals surface area (Å²) in [7, 11) is -4.35. The largest absolute Gasteiger partial charge is 0.462 e. The lowest BCUT2D eigenvalue weighted by Crippen LogP contribution is -2.42. The zero-order chi connectivity index (χ0) is 27.5. The van der Waals surface area contributed by atoms with E-state index in [2.05, 4.69) is 5.09 Å². The molecule has 2 heterocycles. The van der Waals surface area contributed by atoms with Gasteiger partial charge in [-0.25, -0.2) is 13.8 Å². The molecule has 1 aromatic carbocycles. The number of nitrogens with one attached hydrogen (secondary N) is 2. The van der Waals surface area contributed by atoms with Crippen LogP contribution in [0.4, 0.5) is 4.39 Å². The monoisotopic (exact) mass is 563 g/mol. The van der Waals surface area contributed by atoms with Crippen molar-refractivity contribution in [2.24, 2.45) is 0 Å². The van der Waals surface area contributed by atoms with Crippen LogP contribution in [0.1, 0.15) is 32.6 Å². The number of nitrogens with zero attached hydrogens (tertiary/aromatic N) is 1. The predicted molar refractivity (Wildman–Crippen MR) is 130 cm³/mol. The van der Waals surface area contributed by atoms with Gasteiger partial charge in [0.25, 0.3) is 10.7 Å². The summed E-state index contributed by atoms with van der Waals surface area (Å²) in [6.45, 7) is 5.31. The first-order chi connectivity index (χ1) is 17.2. The molecule has 15 heteroatoms. The summed E-state index contributed by atoms with van der Waals surface area (Å²) in [6, 6.07) is 6.75. The second kappa shape index (κ2) is 11.5. The van der Waals surface area contributed by atoms with E-state index in [4.69, 9.17) is 30.1 Å². The summed E-state index contributed by atoms with van der Waals surface area (Å²) in [5, 5.41) is 9.93. The molecule has 1 fully saturated rings. The Morgan fingerprint density at radius 2 is 1.97 bits per heavy atom. The van der Waals surface area contributed by atoms with Crippen molar-refractivity contribution in [2.75, 3.05) is 6.61 Å². The minimum atomic E-state index is -4.35. The molecule has 1 aromatic heterocycles. The molecule has 0 spiro atoms. The number of alkyl halides is 2. The van der Waals surface area contributed by atoms with E-state index >= 15 is 4.39 Å². The number of para-hydroxylation sites is 1. The summed E-state index contributed by atoms with van der Waals surface area (Å²) in [5.41, 5.74) is -1.64. The molecule has 0 amide bonds. The Kier molecular flexibility index (Phi) is 8.99. The van der Waals surface area contributed by atoms with Gasteiger partial charge < -0.3 is 19.1 Å². The zero-order valence-electron chi connectivity index (χ0n) is 20.4. The fourth-order valence-electron chi connectivity index (χ4n) is 3.37. The number of carbonyl (C=O) groups excluding carboxylic acids is 1. The van der Waals surface area contributed by atoms with E-state index in [1.165, 1.54) is 26.0 Å². The Morgan fingerprint density at radius 3 is 2.59 bits per heavy atom. The molecule has 1 aliphatic heterocycles. The lowest BCUT2D eigenvalue weighted by Gasteiger charge is -2.25. The maximum atomic E-state index is 15.3. The lowest BCUT2D eigenvalue weighted by atomic mass is 10.1. The van der Waals surface area contributed by atoms with Crippen LogP contribution < -0.4 is 20.9 Å². The molecule has 2 aromatic rings. The molecule has 0 aliphatic carbocycles. The highest BCUT2D eigenvalue weighted by atomic mass is 35.5. The number of esters is 1. The first-order valence-corrected chi connectivity index (χ1v) is 13.2. The van der Waals surface area contributed by atoms with Gasteiger partial charge in [0.2, 0.25) is 0 Å². The van der Waals surface area contributed by atoms with E-state index in [1.807, 2.05) is 4.98 Å². The molecule has 37 heavy (non-hydrogen) atoms. The number of aliphatic hydroxyl groups is 1. The van der Waals surface area contributed by atoms with Gasteiger partial charge in [0.15, 0.2) is 6.23 Å². The van der Waals surface area contributed by atoms with Crippen LogP contribution in [0.25, 0.3) is 0 Å². The van der Waals surface area contributed by atoms with Crippen molar-refractivity contribution in [2.45, 2.75) is 63.4 Å². The molecule has 2 unspecified atom stereocenters. The molecular formula is C22H28ClFN3O9P. The van der Waals surface area contributed by atoms with Gasteiger partial charge in [-0.15, -0.1) is 0 Å². The third-order valence-corrected chi connectivity index (χ3v) is 7.27. The quantitative estimate of drug-likeness (QED) is 0.222. The van der Waals surface area contributed by atoms with Crippen LogP contribution >= 0.6 is 19.3 Å². The maximum absolute atomic E-state index is 15.3. The van der Waals surface area contributed by atoms with Gasteiger partial charge in [0.1, 0.15) is 24.0 Å². The summed E-state index contributed by atoms with van der Waals surface area (Å²) in [4.78, 5) is 38.2. The highest BCUT2D eigenvalue weighted by molar-refractivity contribution is 7.52. The third-order valence-electron chi connectivity index (χ3n) is 5.21. The molecule has 204 valence electrons. The molecule has 1 saturated heterocycles. The summed E-state index contributed by atoms with van der Waals surface area (Å²) >= 11 is 5.91. The molecule has 0 saturated carbocycles. The average Bonchev–Trinajstić information content (AvgIpc) is 3.03. The maximum Gasteiger partial charge on any atom is 0.459 e. The number of carbonyl (C=O) groups is 1. The minimum absolute atomic E-state index is 0.0667. The van der Waals surface area contributed by atoms with E-state index < -0.39 is 67.3 Å². The van der Waals surface area contributed by atoms with Gasteiger partial charge in [-0.3, -0.25) is 23.7 Å². The minimum Gasteiger partial charge on any atom is -0.462 e. The van der Waals surface area contributed by atoms with Crippen LogP contribution in [0.2, 0.25) is 0 Å². The third kappa shape index (κ3) is 6.86. The predicted octanol–water partition coefficient (Wildman–Crippen LogP) is 2.14. The molecule has 1 aliphatic rings. The summed E-state index contributed by atoms with van der Waals surface area (Å²) < 4.78 is 51.1. The first kappa shape index (κ1) is 29.0. The van der Waals surface area contributed by atoms with Crippen molar-refractivity contribution in [1.82, 2.24) is 14.6 Å². The summed E-state index contributed by atoms with van der Waals surface area (Å²) in [5.74, 6) is -0.606. The van der Waals surface area contributed by atoms with Gasteiger partial charge >= 0.3 is 19.4 Å². The number of aromatic amines is 1. The topological polar surface area (TPSA) is 158 Å². The molecule has 6 atom stereocenters. The number of H-pyrrole nitrogens is 1. The van der Waals surface area contributed by atoms with E-state index in [0.717, 1.165) is 6.20 Å². The van der Waals surface area contributed by atoms with Crippen LogP contribution in [-0.4, -0.2) is 56.7 Å². The number of aliphatic hydroxyl groups excluding tert-OH is 1. The van der Waals surface area contributed by atoms with Crippen molar-refractivity contribution in [3.63, 3.8) is 0 Å². The zero-order valence-corrected chi connectivity index (χ0v) is 22.1. The van der Waals surface area contributed by atoms with Crippen LogP contribution in [0, 0.1) is 6.92 Å². The fraction of sp³-hybridized carbons (Fsp3) is 0.500. The summed E-state index contributed by atoms with van der Waals surface area (Å²) in [6.07, 6.45) is -4.84. The fourth-order valence-corrected chi connectivity index (χ4v) is 5.17. The van der Waals surface area contributed by atoms with E-state index in [0.29, 0.717) is 4.57 Å². The van der Waals surface area contributed by atoms with Crippen molar-refractivity contribution >= 4 is 25.3 Å². The second-order valence-electron chi connectivity index (χ2n) is 8.66. The number of hydrogen-bond acceptors (Lipinski definition) is 9. The Bertz CT molecular complexity index is 1270. The van der Waals surface area contributed by atoms with E-state index in [-0.39, 0.29) is 11.3 Å². The van der Waals surface area contributed by atoms with Crippen LogP contribution in [-0.2, 0) is 23.4 Å². The van der Waals surface area contributed by atoms with Gasteiger partial charge in [0.05, 0.1) is 12.7 Å². The highest BCUT2D eigenvalue weighted by Crippen LogP contribution is 2.48. The van der Waals surface area contributed by atoms with Crippen LogP contribution in [0.15, 0.2) is 46.1 Å².